The molecule has 8 heteroatoms. The summed E-state index contributed by atoms with van der Waals surface area (Å²) in [6.07, 6.45) is 3.28. The molecule has 2 aromatic carbocycles. The predicted molar refractivity (Wildman–Crippen MR) is 109 cm³/mol. The van der Waals surface area contributed by atoms with Crippen molar-refractivity contribution >= 4 is 33.2 Å². The largest absolute Gasteiger partial charge is 0.348 e. The number of carbonyl (C=O) groups excluding carboxylic acids is 1. The number of carbonyl (C=O) groups is 1. The summed E-state index contributed by atoms with van der Waals surface area (Å²) in [7, 11) is -3.96. The fourth-order valence-electron chi connectivity index (χ4n) is 2.52. The number of benzene rings is 2. The minimum absolute atomic E-state index is 0.0323. The van der Waals surface area contributed by atoms with Crippen LogP contribution in [0.1, 0.15) is 21.5 Å². The van der Waals surface area contributed by atoms with Gasteiger partial charge in [0.15, 0.2) is 0 Å². The second kappa shape index (κ2) is 8.41. The Balaban J connectivity index is 1.82. The maximum atomic E-state index is 12.8. The fourth-order valence-corrected chi connectivity index (χ4v) is 4.18. The van der Waals surface area contributed by atoms with Crippen LogP contribution in [0.25, 0.3) is 0 Å². The van der Waals surface area contributed by atoms with E-state index in [0.717, 1.165) is 11.1 Å². The molecule has 0 aliphatic heterocycles. The molecule has 6 nitrogen and oxygen atoms in total. The number of halogens is 1. The average Bonchev–Trinajstić information content (AvgIpc) is 2.69. The molecule has 0 atom stereocenters. The van der Waals surface area contributed by atoms with Crippen LogP contribution in [0.4, 0.5) is 5.69 Å². The molecule has 0 fully saturated rings. The second-order valence-corrected chi connectivity index (χ2v) is 8.17. The van der Waals surface area contributed by atoms with Crippen LogP contribution in [0.3, 0.4) is 0 Å². The third-order valence-corrected chi connectivity index (χ3v) is 5.90. The second-order valence-electron chi connectivity index (χ2n) is 6.11. The SMILES string of the molecule is Cc1ccccc1NS(=O)(=O)c1cc(C(=O)NCc2cccnc2)ccc1Cl. The summed E-state index contributed by atoms with van der Waals surface area (Å²) in [5.74, 6) is -0.409. The van der Waals surface area contributed by atoms with Gasteiger partial charge < -0.3 is 5.32 Å². The molecule has 0 saturated heterocycles. The highest BCUT2D eigenvalue weighted by molar-refractivity contribution is 7.92. The number of pyridine rings is 1. The van der Waals surface area contributed by atoms with Crippen LogP contribution < -0.4 is 10.0 Å². The van der Waals surface area contributed by atoms with Gasteiger partial charge in [-0.1, -0.05) is 35.9 Å². The van der Waals surface area contributed by atoms with Gasteiger partial charge >= 0.3 is 0 Å². The van der Waals surface area contributed by atoms with E-state index in [-0.39, 0.29) is 22.0 Å². The zero-order valence-corrected chi connectivity index (χ0v) is 16.6. The zero-order valence-electron chi connectivity index (χ0n) is 15.0. The van der Waals surface area contributed by atoms with Gasteiger partial charge in [0, 0.05) is 24.5 Å². The first kappa shape index (κ1) is 19.9. The van der Waals surface area contributed by atoms with Gasteiger partial charge in [0.05, 0.1) is 10.7 Å². The molecule has 0 spiro atoms. The molecule has 0 aliphatic carbocycles. The summed E-state index contributed by atoms with van der Waals surface area (Å²) in [6.45, 7) is 2.07. The van der Waals surface area contributed by atoms with Gasteiger partial charge in [0.25, 0.3) is 15.9 Å². The normalized spacial score (nSPS) is 11.1. The predicted octanol–water partition coefficient (Wildman–Crippen LogP) is 3.77. The summed E-state index contributed by atoms with van der Waals surface area (Å²) in [5.41, 5.74) is 2.25. The fraction of sp³-hybridized carbons (Fsp3) is 0.100. The van der Waals surface area contributed by atoms with Crippen molar-refractivity contribution in [3.63, 3.8) is 0 Å². The van der Waals surface area contributed by atoms with E-state index in [2.05, 4.69) is 15.0 Å². The standard InChI is InChI=1S/C20H18ClN3O3S/c1-14-5-2-3-7-18(14)24-28(26,27)19-11-16(8-9-17(19)21)20(25)23-13-15-6-4-10-22-12-15/h2-12,24H,13H2,1H3,(H,23,25). The van der Waals surface area contributed by atoms with E-state index in [1.807, 2.05) is 12.1 Å². The highest BCUT2D eigenvalue weighted by atomic mass is 35.5. The van der Waals surface area contributed by atoms with E-state index in [4.69, 9.17) is 11.6 Å². The van der Waals surface area contributed by atoms with Gasteiger partial charge in [-0.25, -0.2) is 8.42 Å². The first-order chi connectivity index (χ1) is 13.4. The number of hydrogen-bond acceptors (Lipinski definition) is 4. The van der Waals surface area contributed by atoms with Crippen molar-refractivity contribution in [3.05, 3.63) is 88.7 Å². The Kier molecular flexibility index (Phi) is 5.96. The molecule has 2 N–H and O–H groups in total. The lowest BCUT2D eigenvalue weighted by atomic mass is 10.2. The summed E-state index contributed by atoms with van der Waals surface area (Å²) in [6, 6.07) is 14.7. The number of amides is 1. The molecule has 1 heterocycles. The third kappa shape index (κ3) is 4.68. The number of nitrogens with one attached hydrogen (secondary N) is 2. The number of sulfonamides is 1. The van der Waals surface area contributed by atoms with E-state index < -0.39 is 15.9 Å². The van der Waals surface area contributed by atoms with Crippen molar-refractivity contribution in [2.75, 3.05) is 4.72 Å². The molecular weight excluding hydrogens is 398 g/mol. The average molecular weight is 416 g/mol. The van der Waals surface area contributed by atoms with Crippen molar-refractivity contribution in [1.29, 1.82) is 0 Å². The lowest BCUT2D eigenvalue weighted by molar-refractivity contribution is 0.0950. The molecule has 0 aliphatic rings. The van der Waals surface area contributed by atoms with E-state index in [0.29, 0.717) is 5.69 Å². The molecule has 1 amide bonds. The number of aryl methyl sites for hydroxylation is 1. The quantitative estimate of drug-likeness (QED) is 0.641. The number of nitrogens with zero attached hydrogens (tertiary/aromatic N) is 1. The molecule has 0 bridgehead atoms. The molecule has 1 aromatic heterocycles. The Morgan fingerprint density at radius 3 is 2.61 bits per heavy atom. The van der Waals surface area contributed by atoms with Crippen LogP contribution in [-0.4, -0.2) is 19.3 Å². The smallest absolute Gasteiger partial charge is 0.263 e. The zero-order chi connectivity index (χ0) is 20.1. The van der Waals surface area contributed by atoms with Crippen LogP contribution in [0.5, 0.6) is 0 Å². The highest BCUT2D eigenvalue weighted by Crippen LogP contribution is 2.26. The van der Waals surface area contributed by atoms with Crippen LogP contribution in [0.15, 0.2) is 71.9 Å². The number of hydrogen-bond donors (Lipinski definition) is 2. The molecule has 3 aromatic rings. The lowest BCUT2D eigenvalue weighted by Gasteiger charge is -2.13. The summed E-state index contributed by atoms with van der Waals surface area (Å²) in [5, 5.41) is 2.77. The Bertz CT molecular complexity index is 1100. The van der Waals surface area contributed by atoms with Crippen molar-refractivity contribution in [3.8, 4) is 0 Å². The van der Waals surface area contributed by atoms with Gasteiger partial charge in [-0.05, 0) is 48.4 Å². The molecule has 3 rings (SSSR count). The molecule has 0 unspecified atom stereocenters. The summed E-state index contributed by atoms with van der Waals surface area (Å²) < 4.78 is 28.1. The minimum Gasteiger partial charge on any atom is -0.348 e. The monoisotopic (exact) mass is 415 g/mol. The molecule has 28 heavy (non-hydrogen) atoms. The van der Waals surface area contributed by atoms with Gasteiger partial charge in [0.2, 0.25) is 0 Å². The first-order valence-corrected chi connectivity index (χ1v) is 10.3. The Hall–Kier alpha value is -2.90. The van der Waals surface area contributed by atoms with Gasteiger partial charge in [-0.15, -0.1) is 0 Å². The van der Waals surface area contributed by atoms with Crippen LogP contribution >= 0.6 is 11.6 Å². The number of rotatable bonds is 6. The topological polar surface area (TPSA) is 88.2 Å². The molecule has 144 valence electrons. The van der Waals surface area contributed by atoms with Crippen LogP contribution in [0, 0.1) is 6.92 Å². The van der Waals surface area contributed by atoms with E-state index in [1.165, 1.54) is 18.2 Å². The van der Waals surface area contributed by atoms with Crippen molar-refractivity contribution in [2.45, 2.75) is 18.4 Å². The number of para-hydroxylation sites is 1. The lowest BCUT2D eigenvalue weighted by Crippen LogP contribution is -2.23. The summed E-state index contributed by atoms with van der Waals surface area (Å²) >= 11 is 6.11. The highest BCUT2D eigenvalue weighted by Gasteiger charge is 2.21. The van der Waals surface area contributed by atoms with Crippen LogP contribution in [0.2, 0.25) is 5.02 Å². The van der Waals surface area contributed by atoms with Gasteiger partial charge in [-0.2, -0.15) is 0 Å². The Morgan fingerprint density at radius 1 is 1.11 bits per heavy atom. The summed E-state index contributed by atoms with van der Waals surface area (Å²) in [4.78, 5) is 16.3. The third-order valence-electron chi connectivity index (χ3n) is 4.05. The minimum atomic E-state index is -3.96. The maximum absolute atomic E-state index is 12.8. The maximum Gasteiger partial charge on any atom is 0.263 e. The van der Waals surface area contributed by atoms with Crippen molar-refractivity contribution in [2.24, 2.45) is 0 Å². The van der Waals surface area contributed by atoms with Crippen molar-refractivity contribution < 1.29 is 13.2 Å². The number of aromatic nitrogens is 1. The van der Waals surface area contributed by atoms with Crippen LogP contribution in [-0.2, 0) is 16.6 Å². The number of anilines is 1. The van der Waals surface area contributed by atoms with E-state index in [9.17, 15) is 13.2 Å². The molecule has 0 radical (unpaired) electrons. The van der Waals surface area contributed by atoms with Gasteiger partial charge in [-0.3, -0.25) is 14.5 Å². The van der Waals surface area contributed by atoms with E-state index in [1.54, 1.807) is 43.6 Å². The molecule has 0 saturated carbocycles. The molecular formula is C20H18ClN3O3S. The van der Waals surface area contributed by atoms with Gasteiger partial charge in [0.1, 0.15) is 4.90 Å². The first-order valence-electron chi connectivity index (χ1n) is 8.42. The van der Waals surface area contributed by atoms with Crippen molar-refractivity contribution in [1.82, 2.24) is 10.3 Å². The Morgan fingerprint density at radius 2 is 1.89 bits per heavy atom. The van der Waals surface area contributed by atoms with E-state index >= 15 is 0 Å². The Labute approximate surface area is 168 Å².